The minimum atomic E-state index is -1.29. The number of fused-ring (bicyclic) bond motifs is 1. The van der Waals surface area contributed by atoms with E-state index in [1.807, 2.05) is 0 Å². The molecular formula is C15H16N2O6. The SMILES string of the molecule is NCCCCC(C(=O)O)N1C(=O)c2ccc(C(=O)O)cc2C1=O. The molecule has 8 heteroatoms. The molecule has 0 spiro atoms. The van der Waals surface area contributed by atoms with E-state index in [0.29, 0.717) is 24.3 Å². The summed E-state index contributed by atoms with van der Waals surface area (Å²) in [4.78, 5) is 47.8. The van der Waals surface area contributed by atoms with Gasteiger partial charge < -0.3 is 15.9 Å². The molecule has 0 aromatic heterocycles. The lowest BCUT2D eigenvalue weighted by molar-refractivity contribution is -0.141. The van der Waals surface area contributed by atoms with Crippen LogP contribution < -0.4 is 5.73 Å². The Hall–Kier alpha value is -2.74. The summed E-state index contributed by atoms with van der Waals surface area (Å²) in [5.41, 5.74) is 5.16. The van der Waals surface area contributed by atoms with Crippen molar-refractivity contribution in [2.75, 3.05) is 6.54 Å². The first kappa shape index (κ1) is 16.6. The first-order chi connectivity index (χ1) is 10.9. The number of carboxylic acid groups (broad SMARTS) is 2. The lowest BCUT2D eigenvalue weighted by Gasteiger charge is -2.22. The molecule has 1 aliphatic rings. The van der Waals surface area contributed by atoms with Gasteiger partial charge in [0.1, 0.15) is 6.04 Å². The van der Waals surface area contributed by atoms with Gasteiger partial charge in [0, 0.05) is 0 Å². The van der Waals surface area contributed by atoms with Crippen LogP contribution in [0.4, 0.5) is 0 Å². The van der Waals surface area contributed by atoms with E-state index < -0.39 is 29.8 Å². The molecule has 23 heavy (non-hydrogen) atoms. The fourth-order valence-corrected chi connectivity index (χ4v) is 2.52. The van der Waals surface area contributed by atoms with Crippen molar-refractivity contribution in [3.63, 3.8) is 0 Å². The number of nitrogens with zero attached hydrogens (tertiary/aromatic N) is 1. The molecule has 0 aliphatic carbocycles. The lowest BCUT2D eigenvalue weighted by atomic mass is 10.1. The molecule has 8 nitrogen and oxygen atoms in total. The van der Waals surface area contributed by atoms with Gasteiger partial charge in [-0.3, -0.25) is 14.5 Å². The van der Waals surface area contributed by atoms with Gasteiger partial charge in [-0.1, -0.05) is 0 Å². The minimum Gasteiger partial charge on any atom is -0.480 e. The van der Waals surface area contributed by atoms with Gasteiger partial charge in [-0.2, -0.15) is 0 Å². The fraction of sp³-hybridized carbons (Fsp3) is 0.333. The maximum Gasteiger partial charge on any atom is 0.335 e. The zero-order chi connectivity index (χ0) is 17.1. The summed E-state index contributed by atoms with van der Waals surface area (Å²) in [5.74, 6) is -4.02. The molecule has 0 bridgehead atoms. The summed E-state index contributed by atoms with van der Waals surface area (Å²) in [7, 11) is 0. The highest BCUT2D eigenvalue weighted by atomic mass is 16.4. The summed E-state index contributed by atoms with van der Waals surface area (Å²) >= 11 is 0. The topological polar surface area (TPSA) is 138 Å². The van der Waals surface area contributed by atoms with Crippen LogP contribution in [0.2, 0.25) is 0 Å². The summed E-state index contributed by atoms with van der Waals surface area (Å²) in [6, 6.07) is 2.25. The highest BCUT2D eigenvalue weighted by molar-refractivity contribution is 6.23. The number of hydrogen-bond donors (Lipinski definition) is 3. The number of aromatic carboxylic acids is 1. The number of unbranched alkanes of at least 4 members (excludes halogenated alkanes) is 1. The molecule has 1 heterocycles. The molecular weight excluding hydrogens is 304 g/mol. The van der Waals surface area contributed by atoms with Crippen LogP contribution in [0.5, 0.6) is 0 Å². The number of rotatable bonds is 7. The van der Waals surface area contributed by atoms with Crippen molar-refractivity contribution in [2.24, 2.45) is 5.73 Å². The number of carboxylic acids is 2. The van der Waals surface area contributed by atoms with Gasteiger partial charge >= 0.3 is 11.9 Å². The second-order valence-corrected chi connectivity index (χ2v) is 5.18. The van der Waals surface area contributed by atoms with Crippen molar-refractivity contribution in [3.05, 3.63) is 34.9 Å². The van der Waals surface area contributed by atoms with Crippen molar-refractivity contribution >= 4 is 23.8 Å². The Balaban J connectivity index is 2.34. The Labute approximate surface area is 131 Å². The molecule has 4 N–H and O–H groups in total. The van der Waals surface area contributed by atoms with Crippen LogP contribution in [0.3, 0.4) is 0 Å². The Bertz CT molecular complexity index is 685. The maximum atomic E-state index is 12.4. The van der Waals surface area contributed by atoms with Gasteiger partial charge in [0.05, 0.1) is 16.7 Å². The average molecular weight is 320 g/mol. The van der Waals surface area contributed by atoms with E-state index in [9.17, 15) is 24.3 Å². The summed E-state index contributed by atoms with van der Waals surface area (Å²) in [5, 5.41) is 18.3. The van der Waals surface area contributed by atoms with Crippen LogP contribution in [0.1, 0.15) is 50.3 Å². The normalized spacial score (nSPS) is 14.7. The Morgan fingerprint density at radius 1 is 1.09 bits per heavy atom. The van der Waals surface area contributed by atoms with E-state index >= 15 is 0 Å². The van der Waals surface area contributed by atoms with Gasteiger partial charge in [0.25, 0.3) is 11.8 Å². The smallest absolute Gasteiger partial charge is 0.335 e. The van der Waals surface area contributed by atoms with Gasteiger partial charge in [0.15, 0.2) is 0 Å². The molecule has 1 aliphatic heterocycles. The van der Waals surface area contributed by atoms with E-state index in [1.165, 1.54) is 12.1 Å². The van der Waals surface area contributed by atoms with Gasteiger partial charge in [0.2, 0.25) is 0 Å². The third-order valence-electron chi connectivity index (χ3n) is 3.69. The maximum absolute atomic E-state index is 12.4. The molecule has 0 saturated heterocycles. The standard InChI is InChI=1S/C15H16N2O6/c16-6-2-1-3-11(15(22)23)17-12(18)9-5-4-8(14(20)21)7-10(9)13(17)19/h4-5,7,11H,1-3,6,16H2,(H,20,21)(H,22,23). The third kappa shape index (κ3) is 3.07. The van der Waals surface area contributed by atoms with E-state index in [4.69, 9.17) is 10.8 Å². The van der Waals surface area contributed by atoms with E-state index in [-0.39, 0.29) is 23.1 Å². The number of aliphatic carboxylic acids is 1. The minimum absolute atomic E-state index is 0.0186. The third-order valence-corrected chi connectivity index (χ3v) is 3.69. The van der Waals surface area contributed by atoms with Crippen LogP contribution in [0, 0.1) is 0 Å². The molecule has 1 aromatic rings. The van der Waals surface area contributed by atoms with Crippen molar-refractivity contribution in [1.29, 1.82) is 0 Å². The van der Waals surface area contributed by atoms with Crippen molar-refractivity contribution in [1.82, 2.24) is 4.90 Å². The number of nitrogens with two attached hydrogens (primary N) is 1. The largest absolute Gasteiger partial charge is 0.480 e. The molecule has 0 radical (unpaired) electrons. The highest BCUT2D eigenvalue weighted by Gasteiger charge is 2.42. The molecule has 1 aromatic carbocycles. The number of carbonyl (C=O) groups is 4. The zero-order valence-electron chi connectivity index (χ0n) is 12.2. The molecule has 1 atom stereocenters. The van der Waals surface area contributed by atoms with E-state index in [1.54, 1.807) is 0 Å². The monoisotopic (exact) mass is 320 g/mol. The molecule has 0 fully saturated rings. The zero-order valence-corrected chi connectivity index (χ0v) is 12.2. The van der Waals surface area contributed by atoms with E-state index in [0.717, 1.165) is 6.07 Å². The molecule has 0 saturated carbocycles. The van der Waals surface area contributed by atoms with Gasteiger partial charge in [-0.15, -0.1) is 0 Å². The molecule has 1 unspecified atom stereocenters. The summed E-state index contributed by atoms with van der Waals surface area (Å²) < 4.78 is 0. The number of benzene rings is 1. The summed E-state index contributed by atoms with van der Waals surface area (Å²) in [6.07, 6.45) is 1.14. The second kappa shape index (κ2) is 6.57. The average Bonchev–Trinajstić information content (AvgIpc) is 2.75. The summed E-state index contributed by atoms with van der Waals surface area (Å²) in [6.45, 7) is 0.385. The molecule has 122 valence electrons. The molecule has 2 amide bonds. The van der Waals surface area contributed by atoms with Crippen molar-refractivity contribution in [2.45, 2.75) is 25.3 Å². The van der Waals surface area contributed by atoms with Crippen molar-refractivity contribution < 1.29 is 29.4 Å². The number of amides is 2. The highest BCUT2D eigenvalue weighted by Crippen LogP contribution is 2.27. The van der Waals surface area contributed by atoms with Crippen LogP contribution in [-0.2, 0) is 4.79 Å². The Morgan fingerprint density at radius 3 is 2.30 bits per heavy atom. The Kier molecular flexibility index (Phi) is 4.75. The van der Waals surface area contributed by atoms with Gasteiger partial charge in [-0.05, 0) is 44.0 Å². The second-order valence-electron chi connectivity index (χ2n) is 5.18. The fourth-order valence-electron chi connectivity index (χ4n) is 2.52. The van der Waals surface area contributed by atoms with Crippen LogP contribution in [0.25, 0.3) is 0 Å². The predicted octanol–water partition coefficient (Wildman–Crippen LogP) is 0.563. The first-order valence-electron chi connectivity index (χ1n) is 7.06. The number of imide groups is 1. The van der Waals surface area contributed by atoms with Crippen LogP contribution in [-0.4, -0.2) is 51.5 Å². The van der Waals surface area contributed by atoms with E-state index in [2.05, 4.69) is 0 Å². The molecule has 2 rings (SSSR count). The predicted molar refractivity (Wildman–Crippen MR) is 78.2 cm³/mol. The Morgan fingerprint density at radius 2 is 1.74 bits per heavy atom. The number of carbonyl (C=O) groups excluding carboxylic acids is 2. The first-order valence-corrected chi connectivity index (χ1v) is 7.06. The lowest BCUT2D eigenvalue weighted by Crippen LogP contribution is -2.44. The van der Waals surface area contributed by atoms with Crippen LogP contribution in [0.15, 0.2) is 18.2 Å². The van der Waals surface area contributed by atoms with Crippen LogP contribution >= 0.6 is 0 Å². The number of hydrogen-bond acceptors (Lipinski definition) is 5. The van der Waals surface area contributed by atoms with Gasteiger partial charge in [-0.25, -0.2) is 9.59 Å². The van der Waals surface area contributed by atoms with Crippen molar-refractivity contribution in [3.8, 4) is 0 Å². The quantitative estimate of drug-likeness (QED) is 0.493.